The summed E-state index contributed by atoms with van der Waals surface area (Å²) in [4.78, 5) is 0. The van der Waals surface area contributed by atoms with Crippen LogP contribution in [-0.2, 0) is 0 Å². The van der Waals surface area contributed by atoms with Crippen molar-refractivity contribution in [1.29, 1.82) is 0 Å². The van der Waals surface area contributed by atoms with Crippen molar-refractivity contribution in [2.45, 2.75) is 12.2 Å². The molecule has 0 saturated carbocycles. The average molecular weight is 733 g/mol. The first-order valence-electron chi connectivity index (χ1n) is 19.6. The highest BCUT2D eigenvalue weighted by molar-refractivity contribution is 6.25. The van der Waals surface area contributed by atoms with Crippen LogP contribution in [0.15, 0.2) is 199 Å². The first kappa shape index (κ1) is 32.0. The molecule has 57 heavy (non-hydrogen) atoms. The normalized spacial score (nSPS) is 15.9. The topological polar surface area (TPSA) is 47.1 Å². The first-order valence-corrected chi connectivity index (χ1v) is 19.6. The van der Waals surface area contributed by atoms with Crippen LogP contribution in [0.4, 0.5) is 0 Å². The van der Waals surface area contributed by atoms with E-state index in [1.807, 2.05) is 6.07 Å². The maximum absolute atomic E-state index is 6.56. The van der Waals surface area contributed by atoms with E-state index >= 15 is 0 Å². The molecule has 0 aliphatic carbocycles. The van der Waals surface area contributed by atoms with Crippen molar-refractivity contribution in [2.24, 2.45) is 0 Å². The van der Waals surface area contributed by atoms with Gasteiger partial charge < -0.3 is 18.9 Å². The number of nitrogens with one attached hydrogen (secondary N) is 2. The lowest BCUT2D eigenvalue weighted by molar-refractivity contribution is 0.442. The van der Waals surface area contributed by atoms with Gasteiger partial charge in [0.05, 0.1) is 28.1 Å². The predicted molar refractivity (Wildman–Crippen MR) is 235 cm³/mol. The van der Waals surface area contributed by atoms with E-state index < -0.39 is 0 Å². The fourth-order valence-electron chi connectivity index (χ4n) is 9.19. The number of aromatic nitrogens is 2. The monoisotopic (exact) mass is 732 g/mol. The number of nitrogens with zero attached hydrogens (tertiary/aromatic N) is 2. The molecule has 0 spiro atoms. The number of fused-ring (bicyclic) bond motifs is 10. The maximum atomic E-state index is 6.56. The molecule has 1 aliphatic rings. The molecule has 8 aromatic carbocycles. The predicted octanol–water partition coefficient (Wildman–Crippen LogP) is 12.8. The summed E-state index contributed by atoms with van der Waals surface area (Å²) in [5, 5.41) is 14.9. The van der Waals surface area contributed by atoms with E-state index in [4.69, 9.17) is 4.42 Å². The quantitative estimate of drug-likeness (QED) is 0.185. The van der Waals surface area contributed by atoms with Crippen molar-refractivity contribution in [2.75, 3.05) is 0 Å². The van der Waals surface area contributed by atoms with E-state index in [2.05, 4.69) is 208 Å². The Morgan fingerprint density at radius 2 is 1.05 bits per heavy atom. The molecule has 2 atom stereocenters. The first-order chi connectivity index (χ1) is 28.3. The summed E-state index contributed by atoms with van der Waals surface area (Å²) < 4.78 is 11.5. The van der Waals surface area contributed by atoms with Crippen molar-refractivity contribution in [3.8, 4) is 11.4 Å². The summed E-state index contributed by atoms with van der Waals surface area (Å²) >= 11 is 0. The largest absolute Gasteiger partial charge is 0.456 e. The lowest BCUT2D eigenvalue weighted by atomic mass is 9.98. The minimum atomic E-state index is -0.152. The minimum Gasteiger partial charge on any atom is -0.456 e. The van der Waals surface area contributed by atoms with Gasteiger partial charge in [-0.05, 0) is 65.2 Å². The molecule has 3 aromatic heterocycles. The fourth-order valence-corrected chi connectivity index (χ4v) is 9.19. The van der Waals surface area contributed by atoms with Crippen LogP contribution in [0.5, 0.6) is 0 Å². The zero-order chi connectivity index (χ0) is 37.5. The van der Waals surface area contributed by atoms with Crippen LogP contribution in [0.3, 0.4) is 0 Å². The lowest BCUT2D eigenvalue weighted by Crippen LogP contribution is -2.39. The van der Waals surface area contributed by atoms with Crippen molar-refractivity contribution in [1.82, 2.24) is 19.8 Å². The van der Waals surface area contributed by atoms with E-state index in [-0.39, 0.29) is 12.2 Å². The van der Waals surface area contributed by atoms with Gasteiger partial charge in [-0.25, -0.2) is 0 Å². The number of hydrogen-bond acceptors (Lipinski definition) is 3. The Kier molecular flexibility index (Phi) is 7.06. The van der Waals surface area contributed by atoms with E-state index in [0.717, 1.165) is 61.2 Å². The van der Waals surface area contributed by atoms with Crippen LogP contribution in [0.25, 0.3) is 82.6 Å². The molecule has 2 unspecified atom stereocenters. The van der Waals surface area contributed by atoms with Gasteiger partial charge in [0.25, 0.3) is 0 Å². The van der Waals surface area contributed by atoms with Crippen molar-refractivity contribution >= 4 is 71.2 Å². The van der Waals surface area contributed by atoms with Gasteiger partial charge in [0, 0.05) is 55.5 Å². The van der Waals surface area contributed by atoms with Gasteiger partial charge in [-0.15, -0.1) is 0 Å². The molecule has 1 aliphatic heterocycles. The molecule has 12 rings (SSSR count). The Labute approximate surface area is 328 Å². The maximum Gasteiger partial charge on any atom is 0.137 e. The molecule has 11 aromatic rings. The number of rotatable bonds is 5. The Morgan fingerprint density at radius 3 is 1.86 bits per heavy atom. The van der Waals surface area contributed by atoms with Gasteiger partial charge in [0.2, 0.25) is 0 Å². The van der Waals surface area contributed by atoms with Crippen LogP contribution >= 0.6 is 0 Å². The highest BCUT2D eigenvalue weighted by atomic mass is 16.3. The summed E-state index contributed by atoms with van der Waals surface area (Å²) in [6.45, 7) is 0. The van der Waals surface area contributed by atoms with Gasteiger partial charge in [0.15, 0.2) is 0 Å². The molecule has 5 nitrogen and oxygen atoms in total. The molecule has 0 amide bonds. The molecular weight excluding hydrogens is 697 g/mol. The van der Waals surface area contributed by atoms with Crippen LogP contribution < -0.4 is 10.6 Å². The van der Waals surface area contributed by atoms with Crippen LogP contribution in [0.2, 0.25) is 0 Å². The summed E-state index contributed by atoms with van der Waals surface area (Å²) in [6, 6.07) is 67.4. The van der Waals surface area contributed by atoms with Gasteiger partial charge in [-0.1, -0.05) is 140 Å². The van der Waals surface area contributed by atoms with E-state index in [0.29, 0.717) is 0 Å². The SMILES string of the molecule is C1=C(c2ccccc2)NC(c2cccc(-n3c4cc5oc6ccccc6c5cc4c4ccc5c6ccccc6n(-c6ccccc6)c5c43)c2)NC1c1ccccc1. The second-order valence-electron chi connectivity index (χ2n) is 15.0. The second kappa shape index (κ2) is 12.6. The Balaban J connectivity index is 1.14. The standard InChI is InChI=1S/C52H36N4O/c1-4-15-33(16-5-1)44-31-45(34-17-6-2-7-18-34)54-52(53-44)35-19-14-22-37(29-35)56-47-32-49-43(39-24-11-13-26-48(39)57-49)30-42(47)41-28-27-40-38-23-10-12-25-46(38)55(50(40)51(41)56)36-20-8-3-9-21-36/h1-32,44,52-54H. The van der Waals surface area contributed by atoms with Crippen molar-refractivity contribution in [3.63, 3.8) is 0 Å². The van der Waals surface area contributed by atoms with Crippen molar-refractivity contribution < 1.29 is 4.42 Å². The zero-order valence-electron chi connectivity index (χ0n) is 30.9. The van der Waals surface area contributed by atoms with Gasteiger partial charge in [-0.3, -0.25) is 5.32 Å². The van der Waals surface area contributed by atoms with Crippen molar-refractivity contribution in [3.05, 3.63) is 211 Å². The number of para-hydroxylation sites is 3. The van der Waals surface area contributed by atoms with Crippen LogP contribution in [0.1, 0.15) is 28.9 Å². The number of hydrogen-bond donors (Lipinski definition) is 2. The highest BCUT2D eigenvalue weighted by Gasteiger charge is 2.26. The number of furan rings is 1. The molecule has 5 heteroatoms. The molecule has 0 fully saturated rings. The van der Waals surface area contributed by atoms with E-state index in [9.17, 15) is 0 Å². The third-order valence-electron chi connectivity index (χ3n) is 11.8. The second-order valence-corrected chi connectivity index (χ2v) is 15.0. The molecule has 270 valence electrons. The van der Waals surface area contributed by atoms with Gasteiger partial charge in [0.1, 0.15) is 17.3 Å². The lowest BCUT2D eigenvalue weighted by Gasteiger charge is -2.33. The van der Waals surface area contributed by atoms with Crippen LogP contribution in [-0.4, -0.2) is 9.13 Å². The third kappa shape index (κ3) is 4.99. The molecule has 0 radical (unpaired) electrons. The number of benzene rings is 8. The summed E-state index contributed by atoms with van der Waals surface area (Å²) in [5.41, 5.74) is 13.2. The van der Waals surface area contributed by atoms with E-state index in [1.54, 1.807) is 0 Å². The third-order valence-corrected chi connectivity index (χ3v) is 11.8. The van der Waals surface area contributed by atoms with Gasteiger partial charge >= 0.3 is 0 Å². The summed E-state index contributed by atoms with van der Waals surface area (Å²) in [6.07, 6.45) is 2.15. The fraction of sp³-hybridized carbons (Fsp3) is 0.0385. The molecule has 4 heterocycles. The zero-order valence-corrected chi connectivity index (χ0v) is 30.9. The highest BCUT2D eigenvalue weighted by Crippen LogP contribution is 2.44. The Hall–Kier alpha value is -7.34. The molecule has 0 bridgehead atoms. The summed E-state index contributed by atoms with van der Waals surface area (Å²) in [7, 11) is 0. The molecule has 0 saturated heterocycles. The Bertz CT molecular complexity index is 3360. The van der Waals surface area contributed by atoms with Crippen LogP contribution in [0, 0.1) is 0 Å². The van der Waals surface area contributed by atoms with Gasteiger partial charge in [-0.2, -0.15) is 0 Å². The average Bonchev–Trinajstić information content (AvgIpc) is 3.93. The van der Waals surface area contributed by atoms with E-state index in [1.165, 1.54) is 38.1 Å². The Morgan fingerprint density at radius 1 is 0.421 bits per heavy atom. The smallest absolute Gasteiger partial charge is 0.137 e. The summed E-state index contributed by atoms with van der Waals surface area (Å²) in [5.74, 6) is 0. The molecular formula is C52H36N4O. The minimum absolute atomic E-state index is 0.0205. The molecule has 2 N–H and O–H groups in total.